The number of carbonyl (C=O) groups excluding carboxylic acids is 1. The van der Waals surface area contributed by atoms with Crippen molar-refractivity contribution in [3.05, 3.63) is 29.8 Å². The summed E-state index contributed by atoms with van der Waals surface area (Å²) in [5, 5.41) is 12.2. The summed E-state index contributed by atoms with van der Waals surface area (Å²) in [6, 6.07) is 6.80. The van der Waals surface area contributed by atoms with Crippen LogP contribution in [0.25, 0.3) is 0 Å². The molecule has 0 bridgehead atoms. The first-order valence-corrected chi connectivity index (χ1v) is 7.94. The van der Waals surface area contributed by atoms with Crippen LogP contribution in [0.3, 0.4) is 0 Å². The highest BCUT2D eigenvalue weighted by molar-refractivity contribution is 5.78. The summed E-state index contributed by atoms with van der Waals surface area (Å²) in [6.07, 6.45) is 3.97. The average molecular weight is 290 g/mol. The molecule has 0 atom stereocenters. The van der Waals surface area contributed by atoms with Crippen LogP contribution in [0.1, 0.15) is 31.7 Å². The van der Waals surface area contributed by atoms with E-state index in [0.717, 1.165) is 31.0 Å². The minimum atomic E-state index is 0.0617. The first-order chi connectivity index (χ1) is 10.2. The molecule has 4 heteroatoms. The van der Waals surface area contributed by atoms with Gasteiger partial charge in [-0.3, -0.25) is 4.79 Å². The van der Waals surface area contributed by atoms with Crippen LogP contribution >= 0.6 is 0 Å². The SMILES string of the molecule is CCN1CCC(CCNC(=O)Cc2ccc(O)cc2)CC1. The van der Waals surface area contributed by atoms with Crippen LogP contribution in [-0.4, -0.2) is 42.1 Å². The van der Waals surface area contributed by atoms with Gasteiger partial charge in [0.15, 0.2) is 0 Å². The fraction of sp³-hybridized carbons (Fsp3) is 0.588. The lowest BCUT2D eigenvalue weighted by molar-refractivity contribution is -0.120. The molecule has 0 aromatic heterocycles. The summed E-state index contributed by atoms with van der Waals surface area (Å²) >= 11 is 0. The van der Waals surface area contributed by atoms with Gasteiger partial charge in [-0.25, -0.2) is 0 Å². The second kappa shape index (κ2) is 8.03. The Kier molecular flexibility index (Phi) is 6.05. The minimum Gasteiger partial charge on any atom is -0.508 e. The average Bonchev–Trinajstić information content (AvgIpc) is 2.50. The van der Waals surface area contributed by atoms with Gasteiger partial charge >= 0.3 is 0 Å². The quantitative estimate of drug-likeness (QED) is 0.844. The summed E-state index contributed by atoms with van der Waals surface area (Å²) in [6.45, 7) is 6.53. The van der Waals surface area contributed by atoms with Crippen LogP contribution in [0.2, 0.25) is 0 Å². The molecule has 0 spiro atoms. The Bertz CT molecular complexity index is 437. The molecule has 2 N–H and O–H groups in total. The number of carbonyl (C=O) groups is 1. The monoisotopic (exact) mass is 290 g/mol. The molecule has 116 valence electrons. The van der Waals surface area contributed by atoms with Gasteiger partial charge in [0.05, 0.1) is 6.42 Å². The molecule has 0 radical (unpaired) electrons. The maximum Gasteiger partial charge on any atom is 0.224 e. The number of phenols is 1. The predicted molar refractivity (Wildman–Crippen MR) is 84.3 cm³/mol. The molecule has 1 saturated heterocycles. The molecular formula is C17H26N2O2. The Morgan fingerprint density at radius 3 is 2.57 bits per heavy atom. The maximum absolute atomic E-state index is 11.9. The zero-order valence-corrected chi connectivity index (χ0v) is 12.8. The number of phenolic OH excluding ortho intramolecular Hbond substituents is 1. The molecule has 1 aromatic rings. The molecule has 1 fully saturated rings. The van der Waals surface area contributed by atoms with Crippen molar-refractivity contribution < 1.29 is 9.90 Å². The third-order valence-corrected chi connectivity index (χ3v) is 4.33. The first-order valence-electron chi connectivity index (χ1n) is 7.94. The third kappa shape index (κ3) is 5.38. The summed E-state index contributed by atoms with van der Waals surface area (Å²) < 4.78 is 0. The fourth-order valence-electron chi connectivity index (χ4n) is 2.87. The summed E-state index contributed by atoms with van der Waals surface area (Å²) in [5.74, 6) is 1.05. The van der Waals surface area contributed by atoms with Crippen molar-refractivity contribution in [1.29, 1.82) is 0 Å². The Balaban J connectivity index is 1.62. The molecule has 21 heavy (non-hydrogen) atoms. The van der Waals surface area contributed by atoms with Gasteiger partial charge in [0.1, 0.15) is 5.75 Å². The van der Waals surface area contributed by atoms with E-state index >= 15 is 0 Å². The smallest absolute Gasteiger partial charge is 0.224 e. The number of benzene rings is 1. The van der Waals surface area contributed by atoms with Gasteiger partial charge in [-0.15, -0.1) is 0 Å². The summed E-state index contributed by atoms with van der Waals surface area (Å²) in [4.78, 5) is 14.3. The number of likely N-dealkylation sites (tertiary alicyclic amines) is 1. The van der Waals surface area contributed by atoms with E-state index in [9.17, 15) is 9.90 Å². The zero-order valence-electron chi connectivity index (χ0n) is 12.8. The lowest BCUT2D eigenvalue weighted by Crippen LogP contribution is -2.35. The molecule has 1 heterocycles. The first kappa shape index (κ1) is 15.8. The van der Waals surface area contributed by atoms with Crippen LogP contribution in [-0.2, 0) is 11.2 Å². The zero-order chi connectivity index (χ0) is 15.1. The Labute approximate surface area is 127 Å². The Morgan fingerprint density at radius 1 is 1.29 bits per heavy atom. The van der Waals surface area contributed by atoms with E-state index in [0.29, 0.717) is 6.42 Å². The number of nitrogens with one attached hydrogen (secondary N) is 1. The third-order valence-electron chi connectivity index (χ3n) is 4.33. The van der Waals surface area contributed by atoms with E-state index in [2.05, 4.69) is 17.1 Å². The van der Waals surface area contributed by atoms with Crippen molar-refractivity contribution >= 4 is 5.91 Å². The van der Waals surface area contributed by atoms with E-state index in [-0.39, 0.29) is 11.7 Å². The minimum absolute atomic E-state index is 0.0617. The van der Waals surface area contributed by atoms with Gasteiger partial charge in [-0.1, -0.05) is 19.1 Å². The number of aromatic hydroxyl groups is 1. The predicted octanol–water partition coefficient (Wildman–Crippen LogP) is 2.17. The highest BCUT2D eigenvalue weighted by atomic mass is 16.3. The van der Waals surface area contributed by atoms with Crippen molar-refractivity contribution in [2.45, 2.75) is 32.6 Å². The van der Waals surface area contributed by atoms with Gasteiger partial charge in [0.2, 0.25) is 5.91 Å². The van der Waals surface area contributed by atoms with Crippen LogP contribution in [0.15, 0.2) is 24.3 Å². The van der Waals surface area contributed by atoms with Crippen molar-refractivity contribution in [2.75, 3.05) is 26.2 Å². The lowest BCUT2D eigenvalue weighted by atomic mass is 9.93. The summed E-state index contributed by atoms with van der Waals surface area (Å²) in [7, 11) is 0. The molecule has 0 unspecified atom stereocenters. The van der Waals surface area contributed by atoms with Gasteiger partial charge < -0.3 is 15.3 Å². The van der Waals surface area contributed by atoms with Crippen molar-refractivity contribution in [3.8, 4) is 5.75 Å². The fourth-order valence-corrected chi connectivity index (χ4v) is 2.87. The van der Waals surface area contributed by atoms with Crippen LogP contribution in [0.4, 0.5) is 0 Å². The van der Waals surface area contributed by atoms with Crippen LogP contribution < -0.4 is 5.32 Å². The molecule has 1 aliphatic rings. The van der Waals surface area contributed by atoms with Gasteiger partial charge in [-0.05, 0) is 62.5 Å². The maximum atomic E-state index is 11.9. The Hall–Kier alpha value is -1.55. The molecule has 1 aromatic carbocycles. The van der Waals surface area contributed by atoms with Gasteiger partial charge in [0.25, 0.3) is 0 Å². The largest absolute Gasteiger partial charge is 0.508 e. The van der Waals surface area contributed by atoms with E-state index < -0.39 is 0 Å². The standard InChI is InChI=1S/C17H26N2O2/c1-2-19-11-8-14(9-12-19)7-10-18-17(21)13-15-3-5-16(20)6-4-15/h3-6,14,20H,2,7-13H2,1H3,(H,18,21). The van der Waals surface area contributed by atoms with E-state index in [4.69, 9.17) is 0 Å². The van der Waals surface area contributed by atoms with E-state index in [1.54, 1.807) is 24.3 Å². The van der Waals surface area contributed by atoms with E-state index in [1.165, 1.54) is 25.9 Å². The van der Waals surface area contributed by atoms with Crippen molar-refractivity contribution in [1.82, 2.24) is 10.2 Å². The highest BCUT2D eigenvalue weighted by Gasteiger charge is 2.17. The molecule has 2 rings (SSSR count). The molecule has 1 amide bonds. The second-order valence-electron chi connectivity index (χ2n) is 5.86. The van der Waals surface area contributed by atoms with Crippen molar-refractivity contribution in [3.63, 3.8) is 0 Å². The summed E-state index contributed by atoms with van der Waals surface area (Å²) in [5.41, 5.74) is 0.932. The van der Waals surface area contributed by atoms with Crippen LogP contribution in [0.5, 0.6) is 5.75 Å². The number of hydrogen-bond donors (Lipinski definition) is 2. The van der Waals surface area contributed by atoms with Crippen molar-refractivity contribution in [2.24, 2.45) is 5.92 Å². The molecule has 0 aliphatic carbocycles. The number of rotatable bonds is 6. The van der Waals surface area contributed by atoms with E-state index in [1.807, 2.05) is 0 Å². The highest BCUT2D eigenvalue weighted by Crippen LogP contribution is 2.19. The molecule has 1 aliphatic heterocycles. The number of amides is 1. The Morgan fingerprint density at radius 2 is 1.95 bits per heavy atom. The lowest BCUT2D eigenvalue weighted by Gasteiger charge is -2.31. The topological polar surface area (TPSA) is 52.6 Å². The number of piperidine rings is 1. The molecular weight excluding hydrogens is 264 g/mol. The number of hydrogen-bond acceptors (Lipinski definition) is 3. The molecule has 4 nitrogen and oxygen atoms in total. The van der Waals surface area contributed by atoms with Gasteiger partial charge in [0, 0.05) is 6.54 Å². The van der Waals surface area contributed by atoms with Gasteiger partial charge in [-0.2, -0.15) is 0 Å². The normalized spacial score (nSPS) is 16.8. The molecule has 0 saturated carbocycles. The second-order valence-corrected chi connectivity index (χ2v) is 5.86. The van der Waals surface area contributed by atoms with Crippen LogP contribution in [0, 0.1) is 5.92 Å². The number of nitrogens with zero attached hydrogens (tertiary/aromatic N) is 1.